The molecule has 0 atom stereocenters. The Labute approximate surface area is 107 Å². The van der Waals surface area contributed by atoms with E-state index in [2.05, 4.69) is 0 Å². The lowest BCUT2D eigenvalue weighted by Gasteiger charge is -2.15. The van der Waals surface area contributed by atoms with Crippen molar-refractivity contribution in [1.29, 1.82) is 0 Å². The van der Waals surface area contributed by atoms with Crippen molar-refractivity contribution in [3.05, 3.63) is 35.4 Å². The molecule has 0 bridgehead atoms. The maximum atomic E-state index is 11.7. The van der Waals surface area contributed by atoms with E-state index in [1.165, 1.54) is 0 Å². The highest BCUT2D eigenvalue weighted by Crippen LogP contribution is 2.09. The molecular weight excluding hydrogens is 230 g/mol. The minimum atomic E-state index is -0.332. The smallest absolute Gasteiger partial charge is 0.338 e. The average Bonchev–Trinajstić information content (AvgIpc) is 2.76. The summed E-state index contributed by atoms with van der Waals surface area (Å²) in [5, 5.41) is 0. The van der Waals surface area contributed by atoms with E-state index in [0.29, 0.717) is 18.5 Å². The van der Waals surface area contributed by atoms with Gasteiger partial charge >= 0.3 is 5.97 Å². The number of likely N-dealkylation sites (tertiary alicyclic amines) is 1. The summed E-state index contributed by atoms with van der Waals surface area (Å²) in [5.74, 6) is -0.178. The SMILES string of the molecule is Cc1ccc(C(=O)OCCN2CCCC2=O)cc1. The standard InChI is InChI=1S/C14H17NO3/c1-11-4-6-12(7-5-11)14(17)18-10-9-15-8-2-3-13(15)16/h4-7H,2-3,8-10H2,1H3. The van der Waals surface area contributed by atoms with Crippen LogP contribution in [-0.4, -0.2) is 36.5 Å². The molecular formula is C14H17NO3. The van der Waals surface area contributed by atoms with E-state index in [4.69, 9.17) is 4.74 Å². The molecule has 1 saturated heterocycles. The Hall–Kier alpha value is -1.84. The first-order chi connectivity index (χ1) is 8.66. The van der Waals surface area contributed by atoms with Crippen LogP contribution in [0.4, 0.5) is 0 Å². The molecule has 96 valence electrons. The molecule has 0 aliphatic carbocycles. The minimum Gasteiger partial charge on any atom is -0.460 e. The molecule has 4 heteroatoms. The van der Waals surface area contributed by atoms with Crippen LogP contribution in [0.3, 0.4) is 0 Å². The summed E-state index contributed by atoms with van der Waals surface area (Å²) in [6.45, 7) is 3.50. The van der Waals surface area contributed by atoms with E-state index >= 15 is 0 Å². The number of esters is 1. The topological polar surface area (TPSA) is 46.6 Å². The molecule has 4 nitrogen and oxygen atoms in total. The normalized spacial score (nSPS) is 14.9. The molecule has 0 N–H and O–H groups in total. The van der Waals surface area contributed by atoms with Gasteiger partial charge in [-0.05, 0) is 25.5 Å². The van der Waals surface area contributed by atoms with Crippen LogP contribution >= 0.6 is 0 Å². The predicted octanol–water partition coefficient (Wildman–Crippen LogP) is 1.77. The third-order valence-corrected chi connectivity index (χ3v) is 3.05. The summed E-state index contributed by atoms with van der Waals surface area (Å²) >= 11 is 0. The van der Waals surface area contributed by atoms with Crippen LogP contribution in [0.25, 0.3) is 0 Å². The zero-order valence-corrected chi connectivity index (χ0v) is 10.5. The molecule has 1 aromatic carbocycles. The second-order valence-corrected chi connectivity index (χ2v) is 4.49. The summed E-state index contributed by atoms with van der Waals surface area (Å²) in [6, 6.07) is 7.25. The van der Waals surface area contributed by atoms with Gasteiger partial charge in [0, 0.05) is 13.0 Å². The van der Waals surface area contributed by atoms with Crippen molar-refractivity contribution < 1.29 is 14.3 Å². The zero-order chi connectivity index (χ0) is 13.0. The van der Waals surface area contributed by atoms with E-state index in [-0.39, 0.29) is 18.5 Å². The highest BCUT2D eigenvalue weighted by Gasteiger charge is 2.19. The van der Waals surface area contributed by atoms with Gasteiger partial charge in [0.1, 0.15) is 6.61 Å². The average molecular weight is 247 g/mol. The molecule has 1 fully saturated rings. The minimum absolute atomic E-state index is 0.154. The van der Waals surface area contributed by atoms with Crippen molar-refractivity contribution >= 4 is 11.9 Å². The first kappa shape index (κ1) is 12.6. The molecule has 1 aliphatic heterocycles. The van der Waals surface area contributed by atoms with Crippen LogP contribution in [0.2, 0.25) is 0 Å². The first-order valence-electron chi connectivity index (χ1n) is 6.18. The van der Waals surface area contributed by atoms with E-state index in [0.717, 1.165) is 18.5 Å². The Morgan fingerprint density at radius 1 is 1.33 bits per heavy atom. The van der Waals surface area contributed by atoms with Gasteiger partial charge in [0.25, 0.3) is 0 Å². The van der Waals surface area contributed by atoms with Crippen molar-refractivity contribution in [2.24, 2.45) is 0 Å². The van der Waals surface area contributed by atoms with Crippen molar-refractivity contribution in [1.82, 2.24) is 4.90 Å². The predicted molar refractivity (Wildman–Crippen MR) is 67.3 cm³/mol. The molecule has 1 amide bonds. The molecule has 2 rings (SSSR count). The lowest BCUT2D eigenvalue weighted by Crippen LogP contribution is -2.29. The lowest BCUT2D eigenvalue weighted by atomic mass is 10.1. The second-order valence-electron chi connectivity index (χ2n) is 4.49. The zero-order valence-electron chi connectivity index (χ0n) is 10.5. The number of carbonyl (C=O) groups is 2. The summed E-state index contributed by atoms with van der Waals surface area (Å²) in [4.78, 5) is 24.8. The maximum absolute atomic E-state index is 11.7. The number of hydrogen-bond donors (Lipinski definition) is 0. The fourth-order valence-electron chi connectivity index (χ4n) is 1.96. The van der Waals surface area contributed by atoms with Gasteiger partial charge in [0.2, 0.25) is 5.91 Å². The number of amides is 1. The Morgan fingerprint density at radius 3 is 2.67 bits per heavy atom. The first-order valence-corrected chi connectivity index (χ1v) is 6.18. The number of ether oxygens (including phenoxy) is 1. The fraction of sp³-hybridized carbons (Fsp3) is 0.429. The highest BCUT2D eigenvalue weighted by atomic mass is 16.5. The summed E-state index contributed by atoms with van der Waals surface area (Å²) in [6.07, 6.45) is 1.52. The molecule has 0 unspecified atom stereocenters. The van der Waals surface area contributed by atoms with Crippen molar-refractivity contribution in [3.8, 4) is 0 Å². The number of aryl methyl sites for hydroxylation is 1. The second kappa shape index (κ2) is 5.67. The molecule has 0 aromatic heterocycles. The summed E-state index contributed by atoms with van der Waals surface area (Å²) < 4.78 is 5.15. The van der Waals surface area contributed by atoms with Crippen LogP contribution in [0.15, 0.2) is 24.3 Å². The van der Waals surface area contributed by atoms with E-state index in [1.807, 2.05) is 19.1 Å². The Morgan fingerprint density at radius 2 is 2.06 bits per heavy atom. The molecule has 0 radical (unpaired) electrons. The van der Waals surface area contributed by atoms with Gasteiger partial charge in [0.05, 0.1) is 12.1 Å². The van der Waals surface area contributed by atoms with E-state index < -0.39 is 0 Å². The van der Waals surface area contributed by atoms with Crippen LogP contribution in [0.1, 0.15) is 28.8 Å². The quantitative estimate of drug-likeness (QED) is 0.762. The van der Waals surface area contributed by atoms with Crippen molar-refractivity contribution in [3.63, 3.8) is 0 Å². The van der Waals surface area contributed by atoms with Crippen LogP contribution in [0.5, 0.6) is 0 Å². The third kappa shape index (κ3) is 3.09. The number of rotatable bonds is 4. The molecule has 1 aliphatic rings. The van der Waals surface area contributed by atoms with Gasteiger partial charge in [-0.1, -0.05) is 17.7 Å². The largest absolute Gasteiger partial charge is 0.460 e. The van der Waals surface area contributed by atoms with Crippen molar-refractivity contribution in [2.75, 3.05) is 19.7 Å². The van der Waals surface area contributed by atoms with Gasteiger partial charge in [-0.25, -0.2) is 4.79 Å². The number of hydrogen-bond acceptors (Lipinski definition) is 3. The molecule has 0 spiro atoms. The third-order valence-electron chi connectivity index (χ3n) is 3.05. The van der Waals surface area contributed by atoms with Gasteiger partial charge in [-0.3, -0.25) is 4.79 Å². The van der Waals surface area contributed by atoms with Gasteiger partial charge in [-0.15, -0.1) is 0 Å². The van der Waals surface area contributed by atoms with Gasteiger partial charge in [-0.2, -0.15) is 0 Å². The summed E-state index contributed by atoms with van der Waals surface area (Å²) in [5.41, 5.74) is 1.66. The Kier molecular flexibility index (Phi) is 3.97. The lowest BCUT2D eigenvalue weighted by molar-refractivity contribution is -0.128. The van der Waals surface area contributed by atoms with Crippen LogP contribution in [-0.2, 0) is 9.53 Å². The Bertz CT molecular complexity index is 439. The van der Waals surface area contributed by atoms with Gasteiger partial charge < -0.3 is 9.64 Å². The number of carbonyl (C=O) groups excluding carboxylic acids is 2. The molecule has 1 heterocycles. The van der Waals surface area contributed by atoms with Crippen molar-refractivity contribution in [2.45, 2.75) is 19.8 Å². The highest BCUT2D eigenvalue weighted by molar-refractivity contribution is 5.89. The molecule has 0 saturated carbocycles. The van der Waals surface area contributed by atoms with Gasteiger partial charge in [0.15, 0.2) is 0 Å². The molecule has 1 aromatic rings. The number of nitrogens with zero attached hydrogens (tertiary/aromatic N) is 1. The van der Waals surface area contributed by atoms with E-state index in [1.54, 1.807) is 17.0 Å². The van der Waals surface area contributed by atoms with Crippen LogP contribution < -0.4 is 0 Å². The maximum Gasteiger partial charge on any atom is 0.338 e. The Balaban J connectivity index is 1.78. The van der Waals surface area contributed by atoms with E-state index in [9.17, 15) is 9.59 Å². The monoisotopic (exact) mass is 247 g/mol. The molecule has 18 heavy (non-hydrogen) atoms. The number of benzene rings is 1. The fourth-order valence-corrected chi connectivity index (χ4v) is 1.96. The van der Waals surface area contributed by atoms with Crippen LogP contribution in [0, 0.1) is 6.92 Å². The summed E-state index contributed by atoms with van der Waals surface area (Å²) in [7, 11) is 0.